The van der Waals surface area contributed by atoms with Gasteiger partial charge in [0.1, 0.15) is 5.75 Å². The number of amides is 3. The lowest BCUT2D eigenvalue weighted by Gasteiger charge is -2.22. The molecule has 186 valence electrons. The van der Waals surface area contributed by atoms with E-state index in [0.717, 1.165) is 21.7 Å². The van der Waals surface area contributed by atoms with E-state index in [1.54, 1.807) is 7.11 Å². The molecule has 0 bridgehead atoms. The number of nitrogens with zero attached hydrogens (tertiary/aromatic N) is 3. The second kappa shape index (κ2) is 9.69. The average molecular weight is 498 g/mol. The maximum absolute atomic E-state index is 13.2. The zero-order valence-corrected chi connectivity index (χ0v) is 20.2. The molecule has 0 aromatic heterocycles. The predicted octanol–water partition coefficient (Wildman–Crippen LogP) is 3.46. The van der Waals surface area contributed by atoms with E-state index < -0.39 is 30.3 Å². The molecule has 0 radical (unpaired) electrons. The van der Waals surface area contributed by atoms with Gasteiger partial charge in [-0.1, -0.05) is 42.5 Å². The van der Waals surface area contributed by atoms with Gasteiger partial charge in [-0.2, -0.15) is 5.10 Å². The summed E-state index contributed by atoms with van der Waals surface area (Å²) in [6.45, 7) is -0.541. The third kappa shape index (κ3) is 4.47. The van der Waals surface area contributed by atoms with Gasteiger partial charge in [-0.05, 0) is 41.5 Å². The second-order valence-corrected chi connectivity index (χ2v) is 8.65. The van der Waals surface area contributed by atoms with Gasteiger partial charge >= 0.3 is 5.97 Å². The minimum absolute atomic E-state index is 0.0737. The third-order valence-electron chi connectivity index (χ3n) is 6.43. The first-order chi connectivity index (χ1) is 17.9. The van der Waals surface area contributed by atoms with Crippen LogP contribution in [-0.2, 0) is 9.53 Å². The van der Waals surface area contributed by atoms with Gasteiger partial charge in [-0.15, -0.1) is 0 Å². The number of esters is 1. The lowest BCUT2D eigenvalue weighted by atomic mass is 9.98. The van der Waals surface area contributed by atoms with Gasteiger partial charge < -0.3 is 9.47 Å². The van der Waals surface area contributed by atoms with Crippen LogP contribution in [0.2, 0.25) is 0 Å². The molecule has 3 amide bonds. The Hall–Kier alpha value is -4.79. The first-order valence-corrected chi connectivity index (χ1v) is 11.6. The molecule has 0 fully saturated rings. The van der Waals surface area contributed by atoms with Crippen LogP contribution in [0.15, 0.2) is 77.9 Å². The highest BCUT2D eigenvalue weighted by Crippen LogP contribution is 2.33. The monoisotopic (exact) mass is 497 g/mol. The van der Waals surface area contributed by atoms with Crippen LogP contribution < -0.4 is 4.74 Å². The number of benzene rings is 3. The summed E-state index contributed by atoms with van der Waals surface area (Å²) in [5.74, 6) is -1.50. The minimum Gasteiger partial charge on any atom is -0.497 e. The van der Waals surface area contributed by atoms with E-state index in [-0.39, 0.29) is 22.7 Å². The van der Waals surface area contributed by atoms with Crippen LogP contribution in [0.5, 0.6) is 5.75 Å². The molecular formula is C28H23N3O6. The quantitative estimate of drug-likeness (QED) is 0.382. The van der Waals surface area contributed by atoms with E-state index >= 15 is 0 Å². The molecule has 1 unspecified atom stereocenters. The van der Waals surface area contributed by atoms with E-state index in [1.807, 2.05) is 54.6 Å². The van der Waals surface area contributed by atoms with Crippen molar-refractivity contribution in [3.05, 3.63) is 101 Å². The van der Waals surface area contributed by atoms with Crippen LogP contribution in [0.25, 0.3) is 0 Å². The maximum Gasteiger partial charge on any atom is 0.338 e. The summed E-state index contributed by atoms with van der Waals surface area (Å²) in [6, 6.07) is 20.7. The highest BCUT2D eigenvalue weighted by atomic mass is 16.5. The summed E-state index contributed by atoms with van der Waals surface area (Å²) in [5, 5.41) is 5.92. The van der Waals surface area contributed by atoms with Crippen molar-refractivity contribution in [2.24, 2.45) is 5.10 Å². The number of carbonyl (C=O) groups excluding carboxylic acids is 4. The number of fused-ring (bicyclic) bond motifs is 1. The molecule has 0 N–H and O–H groups in total. The van der Waals surface area contributed by atoms with E-state index in [0.29, 0.717) is 12.2 Å². The van der Waals surface area contributed by atoms with Gasteiger partial charge in [-0.3, -0.25) is 19.3 Å². The summed E-state index contributed by atoms with van der Waals surface area (Å²) in [7, 11) is 2.96. The molecule has 0 saturated carbocycles. The van der Waals surface area contributed by atoms with Gasteiger partial charge in [0.05, 0.1) is 35.6 Å². The summed E-state index contributed by atoms with van der Waals surface area (Å²) >= 11 is 0. The zero-order valence-electron chi connectivity index (χ0n) is 20.2. The van der Waals surface area contributed by atoms with Crippen LogP contribution in [0.1, 0.15) is 54.7 Å². The van der Waals surface area contributed by atoms with Crippen LogP contribution >= 0.6 is 0 Å². The van der Waals surface area contributed by atoms with Crippen molar-refractivity contribution >= 4 is 29.4 Å². The highest BCUT2D eigenvalue weighted by Gasteiger charge is 2.35. The number of imide groups is 1. The second-order valence-electron chi connectivity index (χ2n) is 8.65. The number of rotatable bonds is 6. The van der Waals surface area contributed by atoms with Crippen LogP contribution in [0.4, 0.5) is 0 Å². The Labute approximate surface area is 212 Å². The van der Waals surface area contributed by atoms with Crippen molar-refractivity contribution in [2.45, 2.75) is 12.5 Å². The Morgan fingerprint density at radius 3 is 2.35 bits per heavy atom. The summed E-state index contributed by atoms with van der Waals surface area (Å²) < 4.78 is 10.5. The van der Waals surface area contributed by atoms with Gasteiger partial charge in [-0.25, -0.2) is 9.80 Å². The van der Waals surface area contributed by atoms with Crippen LogP contribution in [-0.4, -0.2) is 60.1 Å². The number of methoxy groups -OCH3 is 1. The molecule has 9 nitrogen and oxygen atoms in total. The van der Waals surface area contributed by atoms with Crippen LogP contribution in [0, 0.1) is 0 Å². The fourth-order valence-corrected chi connectivity index (χ4v) is 4.40. The van der Waals surface area contributed by atoms with Crippen LogP contribution in [0.3, 0.4) is 0 Å². The number of hydrogen-bond donors (Lipinski definition) is 0. The van der Waals surface area contributed by atoms with E-state index in [4.69, 9.17) is 9.47 Å². The molecule has 5 rings (SSSR count). The molecular weight excluding hydrogens is 474 g/mol. The molecule has 0 aliphatic carbocycles. The van der Waals surface area contributed by atoms with Crippen molar-refractivity contribution in [1.82, 2.24) is 9.91 Å². The Morgan fingerprint density at radius 1 is 0.946 bits per heavy atom. The lowest BCUT2D eigenvalue weighted by molar-refractivity contribution is -0.136. The molecule has 3 aromatic rings. The Balaban J connectivity index is 1.34. The van der Waals surface area contributed by atoms with E-state index in [1.165, 1.54) is 30.3 Å². The first-order valence-electron chi connectivity index (χ1n) is 11.6. The SMILES string of the molecule is COc1ccc(C2CC(c3ccccc3)=NN2C(=O)COC(=O)c2ccc3c(c2)C(=O)N(C)C3=O)cc1. The largest absolute Gasteiger partial charge is 0.497 e. The third-order valence-corrected chi connectivity index (χ3v) is 6.43. The van der Waals surface area contributed by atoms with Crippen molar-refractivity contribution in [2.75, 3.05) is 20.8 Å². The van der Waals surface area contributed by atoms with Gasteiger partial charge in [0, 0.05) is 13.5 Å². The lowest BCUT2D eigenvalue weighted by Crippen LogP contribution is -2.31. The Morgan fingerprint density at radius 2 is 1.65 bits per heavy atom. The standard InChI is InChI=1S/C28H23N3O6/c1-30-26(33)21-13-10-19(14-22(21)27(30)34)28(35)37-16-25(32)31-24(18-8-11-20(36-2)12-9-18)15-23(29-31)17-6-4-3-5-7-17/h3-14,24H,15-16H2,1-2H3. The number of hydrogen-bond acceptors (Lipinski definition) is 7. The molecule has 2 heterocycles. The molecule has 0 saturated heterocycles. The van der Waals surface area contributed by atoms with Gasteiger partial charge in [0.2, 0.25) is 0 Å². The smallest absolute Gasteiger partial charge is 0.338 e. The zero-order chi connectivity index (χ0) is 26.1. The number of hydrazone groups is 1. The molecule has 2 aliphatic heterocycles. The highest BCUT2D eigenvalue weighted by molar-refractivity contribution is 6.21. The maximum atomic E-state index is 13.2. The summed E-state index contributed by atoms with van der Waals surface area (Å²) in [4.78, 5) is 51.2. The fourth-order valence-electron chi connectivity index (χ4n) is 4.40. The first kappa shape index (κ1) is 23.9. The summed E-state index contributed by atoms with van der Waals surface area (Å²) in [6.07, 6.45) is 0.491. The number of ether oxygens (including phenoxy) is 2. The normalized spacial score (nSPS) is 16.5. The van der Waals surface area contributed by atoms with Crippen molar-refractivity contribution in [3.8, 4) is 5.75 Å². The Kier molecular flexibility index (Phi) is 6.27. The summed E-state index contributed by atoms with van der Waals surface area (Å²) in [5.41, 5.74) is 2.93. The predicted molar refractivity (Wildman–Crippen MR) is 133 cm³/mol. The molecule has 37 heavy (non-hydrogen) atoms. The van der Waals surface area contributed by atoms with Crippen molar-refractivity contribution in [3.63, 3.8) is 0 Å². The minimum atomic E-state index is -0.779. The topological polar surface area (TPSA) is 106 Å². The van der Waals surface area contributed by atoms with Gasteiger partial charge in [0.25, 0.3) is 17.7 Å². The molecule has 3 aromatic carbocycles. The average Bonchev–Trinajstić information content (AvgIpc) is 3.48. The van der Waals surface area contributed by atoms with E-state index in [2.05, 4.69) is 5.10 Å². The van der Waals surface area contributed by atoms with Crippen molar-refractivity contribution in [1.29, 1.82) is 0 Å². The van der Waals surface area contributed by atoms with Crippen molar-refractivity contribution < 1.29 is 28.7 Å². The molecule has 9 heteroatoms. The fraction of sp³-hybridized carbons (Fsp3) is 0.179. The molecule has 1 atom stereocenters. The van der Waals surface area contributed by atoms with Gasteiger partial charge in [0.15, 0.2) is 6.61 Å². The number of carbonyl (C=O) groups is 4. The Bertz CT molecular complexity index is 1430. The van der Waals surface area contributed by atoms with E-state index in [9.17, 15) is 19.2 Å². The molecule has 0 spiro atoms. The molecule has 2 aliphatic rings.